The molecule has 0 saturated carbocycles. The predicted octanol–water partition coefficient (Wildman–Crippen LogP) is 4.22. The van der Waals surface area contributed by atoms with Crippen LogP contribution in [0, 0.1) is 0 Å². The second-order valence-electron chi connectivity index (χ2n) is 6.01. The quantitative estimate of drug-likeness (QED) is 0.680. The molecule has 0 spiro atoms. The molecular formula is C23H21NO4. The number of hydrogen-bond donors (Lipinski definition) is 0. The summed E-state index contributed by atoms with van der Waals surface area (Å²) in [5, 5.41) is 0. The SMILES string of the molecule is COc1ccc(CN(C(C)=O)C2=C=C=CC=C2Oc2ccccc2)c(OC)c1. The summed E-state index contributed by atoms with van der Waals surface area (Å²) in [5.74, 6) is 2.37. The van der Waals surface area contributed by atoms with Crippen LogP contribution in [0.4, 0.5) is 0 Å². The van der Waals surface area contributed by atoms with E-state index < -0.39 is 0 Å². The first kappa shape index (κ1) is 19.1. The maximum absolute atomic E-state index is 12.4. The van der Waals surface area contributed by atoms with Crippen LogP contribution < -0.4 is 14.2 Å². The Kier molecular flexibility index (Phi) is 6.03. The van der Waals surface area contributed by atoms with Gasteiger partial charge in [-0.25, -0.2) is 0 Å². The van der Waals surface area contributed by atoms with Gasteiger partial charge < -0.3 is 14.2 Å². The van der Waals surface area contributed by atoms with Gasteiger partial charge in [-0.1, -0.05) is 23.9 Å². The first-order chi connectivity index (χ1) is 13.6. The molecule has 0 saturated heterocycles. The van der Waals surface area contributed by atoms with Crippen LogP contribution in [0.2, 0.25) is 0 Å². The van der Waals surface area contributed by atoms with Crippen molar-refractivity contribution in [1.29, 1.82) is 0 Å². The molecule has 0 heterocycles. The van der Waals surface area contributed by atoms with Crippen LogP contribution in [-0.4, -0.2) is 25.0 Å². The highest BCUT2D eigenvalue weighted by Gasteiger charge is 2.22. The smallest absolute Gasteiger partial charge is 0.224 e. The Morgan fingerprint density at radius 3 is 2.50 bits per heavy atom. The molecule has 0 unspecified atom stereocenters. The van der Waals surface area contributed by atoms with E-state index in [2.05, 4.69) is 11.5 Å². The van der Waals surface area contributed by atoms with E-state index in [4.69, 9.17) is 14.2 Å². The standard InChI is InChI=1S/C23H21NO4/c1-17(25)24(16-18-13-14-20(26-2)15-23(18)27-3)21-11-7-8-12-22(21)28-19-9-5-4-6-10-19/h4-6,8-10,12-15H,16H2,1-3H3. The topological polar surface area (TPSA) is 48.0 Å². The Bertz CT molecular complexity index is 995. The number of benzene rings is 2. The molecule has 0 fully saturated rings. The molecule has 3 rings (SSSR count). The lowest BCUT2D eigenvalue weighted by Crippen LogP contribution is -2.29. The lowest BCUT2D eigenvalue weighted by atomic mass is 10.1. The highest BCUT2D eigenvalue weighted by molar-refractivity contribution is 5.76. The first-order valence-corrected chi connectivity index (χ1v) is 8.76. The first-order valence-electron chi connectivity index (χ1n) is 8.76. The number of carbonyl (C=O) groups is 1. The fourth-order valence-corrected chi connectivity index (χ4v) is 2.77. The van der Waals surface area contributed by atoms with E-state index in [0.29, 0.717) is 35.2 Å². The van der Waals surface area contributed by atoms with Gasteiger partial charge in [0.05, 0.1) is 20.8 Å². The van der Waals surface area contributed by atoms with E-state index in [0.717, 1.165) is 5.56 Å². The molecule has 142 valence electrons. The molecule has 2 aromatic rings. The Morgan fingerprint density at radius 2 is 1.82 bits per heavy atom. The number of hydrogen-bond acceptors (Lipinski definition) is 4. The minimum Gasteiger partial charge on any atom is -0.497 e. The van der Waals surface area contributed by atoms with Crippen LogP contribution in [0.5, 0.6) is 17.2 Å². The second kappa shape index (κ2) is 8.83. The number of amides is 1. The van der Waals surface area contributed by atoms with Gasteiger partial charge in [0, 0.05) is 18.6 Å². The molecule has 1 amide bonds. The number of rotatable bonds is 7. The van der Waals surface area contributed by atoms with Gasteiger partial charge in [0.25, 0.3) is 0 Å². The van der Waals surface area contributed by atoms with Gasteiger partial charge in [0.2, 0.25) is 5.91 Å². The van der Waals surface area contributed by atoms with Gasteiger partial charge in [-0.05, 0) is 42.1 Å². The van der Waals surface area contributed by atoms with E-state index in [-0.39, 0.29) is 5.91 Å². The molecule has 0 radical (unpaired) electrons. The van der Waals surface area contributed by atoms with Crippen LogP contribution in [0.3, 0.4) is 0 Å². The third-order valence-corrected chi connectivity index (χ3v) is 4.19. The fraction of sp³-hybridized carbons (Fsp3) is 0.174. The van der Waals surface area contributed by atoms with Crippen molar-refractivity contribution in [2.24, 2.45) is 0 Å². The van der Waals surface area contributed by atoms with Gasteiger partial charge >= 0.3 is 0 Å². The Hall–Kier alpha value is -3.65. The Morgan fingerprint density at radius 1 is 1.04 bits per heavy atom. The summed E-state index contributed by atoms with van der Waals surface area (Å²) in [6, 6.07) is 14.9. The number of allylic oxidation sites excluding steroid dienone is 2. The van der Waals surface area contributed by atoms with Crippen molar-refractivity contribution in [2.45, 2.75) is 13.5 Å². The van der Waals surface area contributed by atoms with E-state index in [1.807, 2.05) is 42.5 Å². The molecule has 0 bridgehead atoms. The third kappa shape index (κ3) is 4.36. The normalized spacial score (nSPS) is 12.1. The van der Waals surface area contributed by atoms with Crippen LogP contribution in [-0.2, 0) is 11.3 Å². The Balaban J connectivity index is 1.91. The van der Waals surface area contributed by atoms with Gasteiger partial charge in [0.15, 0.2) is 5.76 Å². The summed E-state index contributed by atoms with van der Waals surface area (Å²) < 4.78 is 16.7. The van der Waals surface area contributed by atoms with Gasteiger partial charge in [0.1, 0.15) is 22.9 Å². The van der Waals surface area contributed by atoms with Crippen LogP contribution in [0.25, 0.3) is 0 Å². The lowest BCUT2D eigenvalue weighted by Gasteiger charge is -2.25. The molecule has 2 aromatic carbocycles. The summed E-state index contributed by atoms with van der Waals surface area (Å²) in [7, 11) is 3.18. The van der Waals surface area contributed by atoms with E-state index in [9.17, 15) is 4.79 Å². The minimum atomic E-state index is -0.147. The molecule has 0 N–H and O–H groups in total. The number of para-hydroxylation sites is 1. The van der Waals surface area contributed by atoms with Crippen LogP contribution in [0.1, 0.15) is 12.5 Å². The van der Waals surface area contributed by atoms with Crippen molar-refractivity contribution in [1.82, 2.24) is 4.90 Å². The second-order valence-corrected chi connectivity index (χ2v) is 6.01. The van der Waals surface area contributed by atoms with Crippen LogP contribution >= 0.6 is 0 Å². The average molecular weight is 375 g/mol. The number of methoxy groups -OCH3 is 2. The highest BCUT2D eigenvalue weighted by Crippen LogP contribution is 2.29. The van der Waals surface area contributed by atoms with Crippen molar-refractivity contribution in [3.8, 4) is 17.2 Å². The molecule has 1 aliphatic carbocycles. The van der Waals surface area contributed by atoms with Gasteiger partial charge in [-0.3, -0.25) is 9.69 Å². The number of ether oxygens (including phenoxy) is 3. The average Bonchev–Trinajstić information content (AvgIpc) is 2.73. The number of carbonyl (C=O) groups excluding carboxylic acids is 1. The molecule has 5 nitrogen and oxygen atoms in total. The molecule has 5 heteroatoms. The summed E-state index contributed by atoms with van der Waals surface area (Å²) in [6.45, 7) is 1.80. The monoisotopic (exact) mass is 375 g/mol. The molecule has 28 heavy (non-hydrogen) atoms. The summed E-state index contributed by atoms with van der Waals surface area (Å²) in [5.41, 5.74) is 7.26. The zero-order chi connectivity index (χ0) is 19.9. The van der Waals surface area contributed by atoms with Crippen LogP contribution in [0.15, 0.2) is 83.6 Å². The summed E-state index contributed by atoms with van der Waals surface area (Å²) in [6.07, 6.45) is 3.47. The maximum Gasteiger partial charge on any atom is 0.224 e. The molecule has 0 aromatic heterocycles. The zero-order valence-corrected chi connectivity index (χ0v) is 16.1. The highest BCUT2D eigenvalue weighted by atomic mass is 16.5. The van der Waals surface area contributed by atoms with E-state index >= 15 is 0 Å². The van der Waals surface area contributed by atoms with E-state index in [1.165, 1.54) is 6.92 Å². The third-order valence-electron chi connectivity index (χ3n) is 4.19. The van der Waals surface area contributed by atoms with Crippen molar-refractivity contribution < 1.29 is 19.0 Å². The van der Waals surface area contributed by atoms with Gasteiger partial charge in [-0.2, -0.15) is 0 Å². The predicted molar refractivity (Wildman–Crippen MR) is 106 cm³/mol. The molecule has 0 atom stereocenters. The van der Waals surface area contributed by atoms with Gasteiger partial charge in [-0.15, -0.1) is 0 Å². The van der Waals surface area contributed by atoms with Crippen molar-refractivity contribution in [3.05, 3.63) is 89.2 Å². The molecule has 1 aliphatic rings. The Labute approximate surface area is 164 Å². The largest absolute Gasteiger partial charge is 0.497 e. The summed E-state index contributed by atoms with van der Waals surface area (Å²) in [4.78, 5) is 14.0. The number of nitrogens with zero attached hydrogens (tertiary/aromatic N) is 1. The minimum absolute atomic E-state index is 0.147. The zero-order valence-electron chi connectivity index (χ0n) is 16.1. The maximum atomic E-state index is 12.4. The lowest BCUT2D eigenvalue weighted by molar-refractivity contribution is -0.127. The summed E-state index contributed by atoms with van der Waals surface area (Å²) >= 11 is 0. The fourth-order valence-electron chi connectivity index (χ4n) is 2.77. The molecule has 0 aliphatic heterocycles. The van der Waals surface area contributed by atoms with Crippen molar-refractivity contribution in [3.63, 3.8) is 0 Å². The molecular weight excluding hydrogens is 354 g/mol. The van der Waals surface area contributed by atoms with Crippen molar-refractivity contribution in [2.75, 3.05) is 14.2 Å². The van der Waals surface area contributed by atoms with E-state index in [1.54, 1.807) is 37.3 Å². The van der Waals surface area contributed by atoms with Crippen molar-refractivity contribution >= 4 is 5.91 Å².